The molecule has 4 nitrogen and oxygen atoms in total. The molecule has 140 valence electrons. The van der Waals surface area contributed by atoms with Gasteiger partial charge in [-0.3, -0.25) is 0 Å². The van der Waals surface area contributed by atoms with Crippen molar-refractivity contribution >= 4 is 35.0 Å². The number of benzene rings is 2. The second-order valence-electron chi connectivity index (χ2n) is 7.72. The zero-order valence-electron chi connectivity index (χ0n) is 14.8. The van der Waals surface area contributed by atoms with Crippen molar-refractivity contribution in [2.24, 2.45) is 0 Å². The minimum atomic E-state index is -0.818. The molecule has 5 rings (SSSR count). The van der Waals surface area contributed by atoms with Crippen LogP contribution in [0.4, 0.5) is 10.5 Å². The van der Waals surface area contributed by atoms with Crippen molar-refractivity contribution in [2.75, 3.05) is 24.5 Å². The largest absolute Gasteiger partial charge is 0.465 e. The molecule has 1 N–H and O–H groups in total. The molecule has 0 aromatic heterocycles. The molecule has 3 heterocycles. The van der Waals surface area contributed by atoms with E-state index in [2.05, 4.69) is 17.0 Å². The number of halogens is 2. The van der Waals surface area contributed by atoms with E-state index in [-0.39, 0.29) is 5.92 Å². The van der Waals surface area contributed by atoms with Crippen LogP contribution in [-0.2, 0) is 6.42 Å². The summed E-state index contributed by atoms with van der Waals surface area (Å²) in [6.07, 6.45) is 2.27. The third-order valence-corrected chi connectivity index (χ3v) is 6.63. The second kappa shape index (κ2) is 6.32. The fraction of sp³-hybridized carbons (Fsp3) is 0.381. The van der Waals surface area contributed by atoms with E-state index in [0.717, 1.165) is 36.9 Å². The fourth-order valence-corrected chi connectivity index (χ4v) is 5.63. The first-order chi connectivity index (χ1) is 13.0. The van der Waals surface area contributed by atoms with E-state index in [9.17, 15) is 9.90 Å². The Hall–Kier alpha value is -1.91. The minimum absolute atomic E-state index is 0.233. The first kappa shape index (κ1) is 17.2. The Morgan fingerprint density at radius 3 is 2.52 bits per heavy atom. The summed E-state index contributed by atoms with van der Waals surface area (Å²) in [6.45, 7) is 2.26. The normalized spacial score (nSPS) is 23.2. The Bertz CT molecular complexity index is 926. The Morgan fingerprint density at radius 1 is 1.04 bits per heavy atom. The van der Waals surface area contributed by atoms with Crippen LogP contribution in [0.1, 0.15) is 29.9 Å². The number of amides is 1. The van der Waals surface area contributed by atoms with Gasteiger partial charge in [0.1, 0.15) is 0 Å². The van der Waals surface area contributed by atoms with Gasteiger partial charge < -0.3 is 14.9 Å². The maximum absolute atomic E-state index is 11.5. The van der Waals surface area contributed by atoms with Crippen LogP contribution in [0, 0.1) is 0 Å². The fourth-order valence-electron chi connectivity index (χ4n) is 5.11. The number of anilines is 1. The van der Waals surface area contributed by atoms with Gasteiger partial charge in [-0.05, 0) is 71.8 Å². The Morgan fingerprint density at radius 2 is 1.78 bits per heavy atom. The third kappa shape index (κ3) is 2.77. The van der Waals surface area contributed by atoms with Crippen LogP contribution in [0.15, 0.2) is 30.3 Å². The monoisotopic (exact) mass is 402 g/mol. The highest BCUT2D eigenvalue weighted by atomic mass is 35.5. The second-order valence-corrected chi connectivity index (χ2v) is 8.59. The molecule has 0 saturated carbocycles. The quantitative estimate of drug-likeness (QED) is 0.706. The molecular formula is C21H20Cl2N2O2. The summed E-state index contributed by atoms with van der Waals surface area (Å²) in [5.41, 5.74) is 6.12. The van der Waals surface area contributed by atoms with Gasteiger partial charge in [0.2, 0.25) is 0 Å². The number of hydrogen-bond donors (Lipinski definition) is 1. The molecule has 0 unspecified atom stereocenters. The predicted molar refractivity (Wildman–Crippen MR) is 108 cm³/mol. The number of aryl methyl sites for hydroxylation is 1. The van der Waals surface area contributed by atoms with E-state index in [0.29, 0.717) is 29.2 Å². The first-order valence-electron chi connectivity index (χ1n) is 9.39. The van der Waals surface area contributed by atoms with Crippen molar-refractivity contribution in [3.8, 4) is 11.1 Å². The van der Waals surface area contributed by atoms with Gasteiger partial charge >= 0.3 is 6.09 Å². The molecule has 1 fully saturated rings. The molecule has 0 bridgehead atoms. The molecule has 1 saturated heterocycles. The summed E-state index contributed by atoms with van der Waals surface area (Å²) in [5, 5.41) is 10.7. The van der Waals surface area contributed by atoms with Crippen molar-refractivity contribution in [1.29, 1.82) is 0 Å². The number of nitrogens with zero attached hydrogens (tertiary/aromatic N) is 2. The lowest BCUT2D eigenvalue weighted by Gasteiger charge is -2.39. The smallest absolute Gasteiger partial charge is 0.407 e. The molecule has 1 amide bonds. The lowest BCUT2D eigenvalue weighted by molar-refractivity contribution is 0.127. The molecule has 2 atom stereocenters. The Labute approximate surface area is 168 Å². The van der Waals surface area contributed by atoms with E-state index in [4.69, 9.17) is 23.2 Å². The molecule has 0 radical (unpaired) electrons. The highest BCUT2D eigenvalue weighted by Gasteiger charge is 2.44. The van der Waals surface area contributed by atoms with Crippen LogP contribution >= 0.6 is 23.2 Å². The average molecular weight is 403 g/mol. The van der Waals surface area contributed by atoms with E-state index in [1.165, 1.54) is 16.8 Å². The summed E-state index contributed by atoms with van der Waals surface area (Å²) < 4.78 is 0. The summed E-state index contributed by atoms with van der Waals surface area (Å²) >= 11 is 12.5. The average Bonchev–Trinajstić information content (AvgIpc) is 2.96. The van der Waals surface area contributed by atoms with Crippen LogP contribution in [0.3, 0.4) is 0 Å². The van der Waals surface area contributed by atoms with Crippen LogP contribution in [0.2, 0.25) is 10.0 Å². The van der Waals surface area contributed by atoms with Gasteiger partial charge in [0, 0.05) is 47.3 Å². The van der Waals surface area contributed by atoms with E-state index < -0.39 is 6.09 Å². The summed E-state index contributed by atoms with van der Waals surface area (Å²) in [4.78, 5) is 15.6. The summed E-state index contributed by atoms with van der Waals surface area (Å²) in [6, 6.07) is 10.5. The van der Waals surface area contributed by atoms with Crippen molar-refractivity contribution < 1.29 is 9.90 Å². The third-order valence-electron chi connectivity index (χ3n) is 6.19. The predicted octanol–water partition coefficient (Wildman–Crippen LogP) is 5.26. The van der Waals surface area contributed by atoms with Crippen molar-refractivity contribution in [3.05, 3.63) is 51.5 Å². The maximum Gasteiger partial charge on any atom is 0.407 e. The van der Waals surface area contributed by atoms with Crippen molar-refractivity contribution in [3.63, 3.8) is 0 Å². The highest BCUT2D eigenvalue weighted by Crippen LogP contribution is 2.50. The van der Waals surface area contributed by atoms with Crippen LogP contribution in [0.5, 0.6) is 0 Å². The van der Waals surface area contributed by atoms with Gasteiger partial charge in [-0.1, -0.05) is 23.2 Å². The van der Waals surface area contributed by atoms with Crippen molar-refractivity contribution in [2.45, 2.75) is 31.2 Å². The highest BCUT2D eigenvalue weighted by molar-refractivity contribution is 6.35. The van der Waals surface area contributed by atoms with Gasteiger partial charge in [-0.25, -0.2) is 4.79 Å². The minimum Gasteiger partial charge on any atom is -0.465 e. The molecule has 27 heavy (non-hydrogen) atoms. The first-order valence-corrected chi connectivity index (χ1v) is 10.1. The molecule has 2 aromatic rings. The molecule has 0 spiro atoms. The van der Waals surface area contributed by atoms with Crippen LogP contribution in [-0.4, -0.2) is 41.8 Å². The van der Waals surface area contributed by atoms with E-state index in [1.807, 2.05) is 12.1 Å². The lowest BCUT2D eigenvalue weighted by Crippen LogP contribution is -2.48. The molecule has 2 aromatic carbocycles. The zero-order valence-corrected chi connectivity index (χ0v) is 16.3. The van der Waals surface area contributed by atoms with Gasteiger partial charge in [-0.2, -0.15) is 0 Å². The number of fused-ring (bicyclic) bond motifs is 3. The SMILES string of the molecule is O=C(O)N1CC[C@H]2[C@@H](C1)c1cc(-c3cc(Cl)cc(Cl)c3)cc3c1N2CCC3. The summed E-state index contributed by atoms with van der Waals surface area (Å²) in [5.74, 6) is 0.233. The molecule has 3 aliphatic rings. The number of carboxylic acid groups (broad SMARTS) is 1. The van der Waals surface area contributed by atoms with Gasteiger partial charge in [0.15, 0.2) is 0 Å². The number of rotatable bonds is 1. The van der Waals surface area contributed by atoms with Gasteiger partial charge in [0.05, 0.1) is 0 Å². The maximum atomic E-state index is 11.5. The molecule has 6 heteroatoms. The zero-order chi connectivity index (χ0) is 18.7. The number of carbonyl (C=O) groups is 1. The van der Waals surface area contributed by atoms with Crippen LogP contribution < -0.4 is 4.90 Å². The standard InChI is InChI=1S/C21H20Cl2N2O2/c22-15-7-14(8-16(23)10-15)13-6-12-2-1-4-25-19-3-5-24(21(26)27)11-18(19)17(9-13)20(12)25/h6-10,18-19H,1-5,11H2,(H,26,27)/t18-,19-/m0/s1. The van der Waals surface area contributed by atoms with Gasteiger partial charge in [-0.15, -0.1) is 0 Å². The van der Waals surface area contributed by atoms with E-state index >= 15 is 0 Å². The molecule has 0 aliphatic carbocycles. The molecular weight excluding hydrogens is 383 g/mol. The number of hydrogen-bond acceptors (Lipinski definition) is 2. The van der Waals surface area contributed by atoms with Crippen molar-refractivity contribution in [1.82, 2.24) is 4.90 Å². The number of piperidine rings is 1. The van der Waals surface area contributed by atoms with Crippen LogP contribution in [0.25, 0.3) is 11.1 Å². The van der Waals surface area contributed by atoms with E-state index in [1.54, 1.807) is 11.0 Å². The Balaban J connectivity index is 1.64. The lowest BCUT2D eigenvalue weighted by atomic mass is 9.87. The summed E-state index contributed by atoms with van der Waals surface area (Å²) in [7, 11) is 0. The Kier molecular flexibility index (Phi) is 4.03. The topological polar surface area (TPSA) is 43.8 Å². The molecule has 3 aliphatic heterocycles. The number of likely N-dealkylation sites (tertiary alicyclic amines) is 1. The van der Waals surface area contributed by atoms with Gasteiger partial charge in [0.25, 0.3) is 0 Å².